The molecule has 26 heavy (non-hydrogen) atoms. The van der Waals surface area contributed by atoms with Gasteiger partial charge in [0.25, 0.3) is 5.91 Å². The molecule has 0 fully saturated rings. The van der Waals surface area contributed by atoms with Gasteiger partial charge in [0.2, 0.25) is 0 Å². The lowest BCUT2D eigenvalue weighted by molar-refractivity contribution is -0.154. The summed E-state index contributed by atoms with van der Waals surface area (Å²) in [6, 6.07) is 7.56. The number of carbonyl (C=O) groups is 2. The van der Waals surface area contributed by atoms with Crippen molar-refractivity contribution in [3.63, 3.8) is 0 Å². The van der Waals surface area contributed by atoms with Crippen molar-refractivity contribution in [1.29, 1.82) is 0 Å². The summed E-state index contributed by atoms with van der Waals surface area (Å²) in [6.07, 6.45) is 7.99. The van der Waals surface area contributed by atoms with Gasteiger partial charge in [-0.3, -0.25) is 9.59 Å². The molecule has 2 rings (SSSR count). The van der Waals surface area contributed by atoms with Crippen molar-refractivity contribution in [3.05, 3.63) is 41.5 Å². The molecule has 142 valence electrons. The quantitative estimate of drug-likeness (QED) is 0.541. The second-order valence-electron chi connectivity index (χ2n) is 6.63. The number of hydrogen-bond acceptors (Lipinski definition) is 4. The fourth-order valence-electron chi connectivity index (χ4n) is 2.97. The summed E-state index contributed by atoms with van der Waals surface area (Å²) < 4.78 is 10.3. The number of methoxy groups -OCH3 is 1. The van der Waals surface area contributed by atoms with E-state index in [-0.39, 0.29) is 18.3 Å². The van der Waals surface area contributed by atoms with E-state index in [1.165, 1.54) is 18.4 Å². The highest BCUT2D eigenvalue weighted by molar-refractivity contribution is 5.83. The summed E-state index contributed by atoms with van der Waals surface area (Å²) in [5.74, 6) is 0.184. The molecule has 0 saturated heterocycles. The lowest BCUT2D eigenvalue weighted by Crippen LogP contribution is -2.36. The predicted molar refractivity (Wildman–Crippen MR) is 101 cm³/mol. The van der Waals surface area contributed by atoms with Gasteiger partial charge in [-0.05, 0) is 63.1 Å². The number of rotatable bonds is 9. The Morgan fingerprint density at radius 3 is 2.58 bits per heavy atom. The summed E-state index contributed by atoms with van der Waals surface area (Å²) in [4.78, 5) is 24.0. The molecule has 5 nitrogen and oxygen atoms in total. The number of allylic oxidation sites excluding steroid dienone is 1. The zero-order valence-electron chi connectivity index (χ0n) is 15.8. The topological polar surface area (TPSA) is 64.6 Å². The highest BCUT2D eigenvalue weighted by Gasteiger charge is 2.17. The Morgan fingerprint density at radius 2 is 1.92 bits per heavy atom. The SMILES string of the molecule is COc1ccc(CCC(=O)O[C@@H](C)C(=O)NCCC2=CCCCC2)cc1. The van der Waals surface area contributed by atoms with E-state index < -0.39 is 6.10 Å². The minimum atomic E-state index is -0.765. The maximum atomic E-state index is 12.0. The van der Waals surface area contributed by atoms with E-state index in [2.05, 4.69) is 11.4 Å². The number of ether oxygens (including phenoxy) is 2. The highest BCUT2D eigenvalue weighted by Crippen LogP contribution is 2.19. The van der Waals surface area contributed by atoms with E-state index in [4.69, 9.17) is 9.47 Å². The molecule has 0 unspecified atom stereocenters. The van der Waals surface area contributed by atoms with Gasteiger partial charge in [0, 0.05) is 13.0 Å². The molecule has 0 saturated carbocycles. The van der Waals surface area contributed by atoms with E-state index >= 15 is 0 Å². The van der Waals surface area contributed by atoms with E-state index in [0.717, 1.165) is 30.6 Å². The highest BCUT2D eigenvalue weighted by atomic mass is 16.5. The van der Waals surface area contributed by atoms with Crippen LogP contribution >= 0.6 is 0 Å². The van der Waals surface area contributed by atoms with E-state index in [1.54, 1.807) is 14.0 Å². The molecule has 0 heterocycles. The van der Waals surface area contributed by atoms with Crippen molar-refractivity contribution in [3.8, 4) is 5.75 Å². The molecule has 1 aliphatic rings. The monoisotopic (exact) mass is 359 g/mol. The number of esters is 1. The molecule has 5 heteroatoms. The van der Waals surface area contributed by atoms with Crippen LogP contribution in [0.3, 0.4) is 0 Å². The van der Waals surface area contributed by atoms with Crippen LogP contribution in [-0.4, -0.2) is 31.6 Å². The Balaban J connectivity index is 1.64. The second-order valence-corrected chi connectivity index (χ2v) is 6.63. The molecule has 0 bridgehead atoms. The Bertz CT molecular complexity index is 621. The third-order valence-corrected chi connectivity index (χ3v) is 4.58. The van der Waals surface area contributed by atoms with Gasteiger partial charge in [0.15, 0.2) is 6.10 Å². The Kier molecular flexibility index (Phi) is 8.19. The summed E-state index contributed by atoms with van der Waals surface area (Å²) in [7, 11) is 1.62. The van der Waals surface area contributed by atoms with Gasteiger partial charge < -0.3 is 14.8 Å². The zero-order valence-corrected chi connectivity index (χ0v) is 15.8. The number of nitrogens with one attached hydrogen (secondary N) is 1. The number of amides is 1. The Labute approximate surface area is 155 Å². The third-order valence-electron chi connectivity index (χ3n) is 4.58. The maximum absolute atomic E-state index is 12.0. The molecule has 1 amide bonds. The molecule has 1 atom stereocenters. The summed E-state index contributed by atoms with van der Waals surface area (Å²) in [5, 5.41) is 2.85. The third kappa shape index (κ3) is 6.90. The van der Waals surface area contributed by atoms with Crippen LogP contribution in [0.5, 0.6) is 5.75 Å². The van der Waals surface area contributed by atoms with Crippen LogP contribution in [0.1, 0.15) is 51.0 Å². The standard InChI is InChI=1S/C21H29NO4/c1-16(21(24)22-15-14-17-6-4-3-5-7-17)26-20(23)13-10-18-8-11-19(25-2)12-9-18/h6,8-9,11-12,16H,3-5,7,10,13-15H2,1-2H3,(H,22,24)/t16-/m0/s1. The Morgan fingerprint density at radius 1 is 1.15 bits per heavy atom. The van der Waals surface area contributed by atoms with E-state index in [1.807, 2.05) is 24.3 Å². The second kappa shape index (κ2) is 10.6. The van der Waals surface area contributed by atoms with Crippen molar-refractivity contribution in [2.75, 3.05) is 13.7 Å². The number of hydrogen-bond donors (Lipinski definition) is 1. The van der Waals surface area contributed by atoms with Crippen LogP contribution in [-0.2, 0) is 20.7 Å². The molecule has 1 aromatic rings. The fourth-order valence-corrected chi connectivity index (χ4v) is 2.97. The molecule has 0 aliphatic heterocycles. The van der Waals surface area contributed by atoms with Crippen LogP contribution in [0, 0.1) is 0 Å². The van der Waals surface area contributed by atoms with Gasteiger partial charge in [0.1, 0.15) is 5.75 Å². The average Bonchev–Trinajstić information content (AvgIpc) is 2.67. The van der Waals surface area contributed by atoms with Crippen LogP contribution in [0.25, 0.3) is 0 Å². The molecule has 0 aromatic heterocycles. The molecular formula is C21H29NO4. The number of benzene rings is 1. The first-order valence-corrected chi connectivity index (χ1v) is 9.36. The van der Waals surface area contributed by atoms with Crippen molar-refractivity contribution in [1.82, 2.24) is 5.32 Å². The van der Waals surface area contributed by atoms with Crippen molar-refractivity contribution >= 4 is 11.9 Å². The fraction of sp³-hybridized carbons (Fsp3) is 0.524. The van der Waals surface area contributed by atoms with Gasteiger partial charge in [0.05, 0.1) is 7.11 Å². The van der Waals surface area contributed by atoms with Crippen LogP contribution in [0.4, 0.5) is 0 Å². The summed E-state index contributed by atoms with van der Waals surface area (Å²) in [6.45, 7) is 2.21. The molecular weight excluding hydrogens is 330 g/mol. The van der Waals surface area contributed by atoms with Crippen LogP contribution in [0.2, 0.25) is 0 Å². The van der Waals surface area contributed by atoms with Crippen molar-refractivity contribution in [2.24, 2.45) is 0 Å². The first-order valence-electron chi connectivity index (χ1n) is 9.36. The number of aryl methyl sites for hydroxylation is 1. The van der Waals surface area contributed by atoms with Crippen LogP contribution < -0.4 is 10.1 Å². The molecule has 1 aliphatic carbocycles. The molecule has 0 radical (unpaired) electrons. The van der Waals surface area contributed by atoms with Gasteiger partial charge in [-0.25, -0.2) is 0 Å². The maximum Gasteiger partial charge on any atom is 0.306 e. The first-order chi connectivity index (χ1) is 12.6. The summed E-state index contributed by atoms with van der Waals surface area (Å²) >= 11 is 0. The first kappa shape index (κ1) is 20.0. The van der Waals surface area contributed by atoms with E-state index in [0.29, 0.717) is 13.0 Å². The number of carbonyl (C=O) groups excluding carboxylic acids is 2. The zero-order chi connectivity index (χ0) is 18.8. The largest absolute Gasteiger partial charge is 0.497 e. The average molecular weight is 359 g/mol. The van der Waals surface area contributed by atoms with Gasteiger partial charge in [-0.15, -0.1) is 0 Å². The minimum Gasteiger partial charge on any atom is -0.497 e. The minimum absolute atomic E-state index is 0.237. The smallest absolute Gasteiger partial charge is 0.306 e. The molecule has 1 aromatic carbocycles. The Hall–Kier alpha value is -2.30. The normalized spacial score (nSPS) is 14.9. The van der Waals surface area contributed by atoms with Crippen molar-refractivity contribution < 1.29 is 19.1 Å². The molecule has 0 spiro atoms. The van der Waals surface area contributed by atoms with Crippen molar-refractivity contribution in [2.45, 2.75) is 58.0 Å². The summed E-state index contributed by atoms with van der Waals surface area (Å²) in [5.41, 5.74) is 2.45. The van der Waals surface area contributed by atoms with Crippen LogP contribution in [0.15, 0.2) is 35.9 Å². The van der Waals surface area contributed by atoms with Gasteiger partial charge in [-0.1, -0.05) is 23.8 Å². The lowest BCUT2D eigenvalue weighted by Gasteiger charge is -2.15. The predicted octanol–water partition coefficient (Wildman–Crippen LogP) is 3.57. The lowest BCUT2D eigenvalue weighted by atomic mass is 9.97. The van der Waals surface area contributed by atoms with Gasteiger partial charge >= 0.3 is 5.97 Å². The van der Waals surface area contributed by atoms with E-state index in [9.17, 15) is 9.59 Å². The van der Waals surface area contributed by atoms with Gasteiger partial charge in [-0.2, -0.15) is 0 Å². The molecule has 1 N–H and O–H groups in total.